The van der Waals surface area contributed by atoms with E-state index in [1.807, 2.05) is 0 Å². The van der Waals surface area contributed by atoms with Gasteiger partial charge in [-0.3, -0.25) is 0 Å². The largest absolute Gasteiger partial charge is 0.383 e. The van der Waals surface area contributed by atoms with Gasteiger partial charge in [-0.25, -0.2) is 0 Å². The summed E-state index contributed by atoms with van der Waals surface area (Å²) < 4.78 is 5.08. The topological polar surface area (TPSA) is 12.5 Å². The first kappa shape index (κ1) is 11.0. The van der Waals surface area contributed by atoms with Crippen molar-refractivity contribution in [1.29, 1.82) is 0 Å². The van der Waals surface area contributed by atoms with Gasteiger partial charge in [0.25, 0.3) is 0 Å². The highest BCUT2D eigenvalue weighted by atomic mass is 16.5. The fourth-order valence-electron chi connectivity index (χ4n) is 1.89. The Kier molecular flexibility index (Phi) is 4.20. The van der Waals surface area contributed by atoms with Crippen molar-refractivity contribution in [2.24, 2.45) is 5.41 Å². The molecule has 1 fully saturated rings. The summed E-state index contributed by atoms with van der Waals surface area (Å²) in [6.45, 7) is 9.23. The second-order valence-corrected chi connectivity index (χ2v) is 4.50. The van der Waals surface area contributed by atoms with Gasteiger partial charge in [-0.1, -0.05) is 20.3 Å². The lowest BCUT2D eigenvalue weighted by atomic mass is 9.78. The molecule has 13 heavy (non-hydrogen) atoms. The lowest BCUT2D eigenvalue weighted by molar-refractivity contribution is 0.0850. The SMILES string of the molecule is CCC1(C)CCN(CCOC)CC1. The van der Waals surface area contributed by atoms with Crippen molar-refractivity contribution < 1.29 is 4.74 Å². The smallest absolute Gasteiger partial charge is 0.0589 e. The minimum absolute atomic E-state index is 0.615. The van der Waals surface area contributed by atoms with E-state index in [0.717, 1.165) is 13.2 Å². The second-order valence-electron chi connectivity index (χ2n) is 4.50. The van der Waals surface area contributed by atoms with E-state index in [4.69, 9.17) is 4.74 Å². The molecule has 0 aliphatic carbocycles. The van der Waals surface area contributed by atoms with E-state index in [2.05, 4.69) is 18.7 Å². The summed E-state index contributed by atoms with van der Waals surface area (Å²) in [4.78, 5) is 2.51. The molecule has 0 saturated carbocycles. The van der Waals surface area contributed by atoms with Crippen LogP contribution in [0.3, 0.4) is 0 Å². The number of ether oxygens (including phenoxy) is 1. The molecule has 0 unspecified atom stereocenters. The summed E-state index contributed by atoms with van der Waals surface area (Å²) in [7, 11) is 1.78. The number of likely N-dealkylation sites (tertiary alicyclic amines) is 1. The van der Waals surface area contributed by atoms with Crippen molar-refractivity contribution in [1.82, 2.24) is 4.90 Å². The monoisotopic (exact) mass is 185 g/mol. The maximum atomic E-state index is 5.08. The molecule has 0 atom stereocenters. The van der Waals surface area contributed by atoms with Gasteiger partial charge >= 0.3 is 0 Å². The van der Waals surface area contributed by atoms with Gasteiger partial charge in [-0.05, 0) is 31.3 Å². The van der Waals surface area contributed by atoms with Crippen molar-refractivity contribution >= 4 is 0 Å². The molecular weight excluding hydrogens is 162 g/mol. The summed E-state index contributed by atoms with van der Waals surface area (Å²) in [6, 6.07) is 0. The van der Waals surface area contributed by atoms with Crippen LogP contribution in [-0.2, 0) is 4.74 Å². The van der Waals surface area contributed by atoms with Gasteiger partial charge in [0.05, 0.1) is 6.61 Å². The van der Waals surface area contributed by atoms with Crippen LogP contribution in [0.25, 0.3) is 0 Å². The molecule has 1 saturated heterocycles. The number of rotatable bonds is 4. The lowest BCUT2D eigenvalue weighted by Crippen LogP contribution is -2.39. The van der Waals surface area contributed by atoms with E-state index in [0.29, 0.717) is 5.41 Å². The van der Waals surface area contributed by atoms with Gasteiger partial charge in [0.2, 0.25) is 0 Å². The predicted molar refractivity (Wildman–Crippen MR) is 55.9 cm³/mol. The number of nitrogens with zero attached hydrogens (tertiary/aromatic N) is 1. The summed E-state index contributed by atoms with van der Waals surface area (Å²) in [5, 5.41) is 0. The highest BCUT2D eigenvalue weighted by Gasteiger charge is 2.27. The van der Waals surface area contributed by atoms with Crippen LogP contribution in [0.4, 0.5) is 0 Å². The molecule has 0 aromatic rings. The summed E-state index contributed by atoms with van der Waals surface area (Å²) in [6.07, 6.45) is 4.03. The molecule has 1 aliphatic rings. The summed E-state index contributed by atoms with van der Waals surface area (Å²) in [5.41, 5.74) is 0.615. The molecule has 0 N–H and O–H groups in total. The van der Waals surface area contributed by atoms with Gasteiger partial charge in [-0.15, -0.1) is 0 Å². The van der Waals surface area contributed by atoms with E-state index >= 15 is 0 Å². The lowest BCUT2D eigenvalue weighted by Gasteiger charge is -2.38. The summed E-state index contributed by atoms with van der Waals surface area (Å²) >= 11 is 0. The van der Waals surface area contributed by atoms with E-state index in [1.165, 1.54) is 32.4 Å². The third-order valence-corrected chi connectivity index (χ3v) is 3.53. The Balaban J connectivity index is 2.22. The molecule has 1 heterocycles. The van der Waals surface area contributed by atoms with E-state index in [1.54, 1.807) is 7.11 Å². The molecule has 0 spiro atoms. The van der Waals surface area contributed by atoms with Crippen LogP contribution in [0.1, 0.15) is 33.1 Å². The van der Waals surface area contributed by atoms with Gasteiger partial charge in [0, 0.05) is 13.7 Å². The van der Waals surface area contributed by atoms with Crippen molar-refractivity contribution in [2.45, 2.75) is 33.1 Å². The van der Waals surface area contributed by atoms with E-state index < -0.39 is 0 Å². The van der Waals surface area contributed by atoms with Crippen molar-refractivity contribution in [2.75, 3.05) is 33.4 Å². The highest BCUT2D eigenvalue weighted by molar-refractivity contribution is 4.80. The Bertz CT molecular complexity index is 139. The van der Waals surface area contributed by atoms with Crippen molar-refractivity contribution in [3.05, 3.63) is 0 Å². The molecule has 0 bridgehead atoms. The Hall–Kier alpha value is -0.0800. The number of hydrogen-bond donors (Lipinski definition) is 0. The second kappa shape index (κ2) is 4.97. The maximum Gasteiger partial charge on any atom is 0.0589 e. The average molecular weight is 185 g/mol. The van der Waals surface area contributed by atoms with Crippen LogP contribution >= 0.6 is 0 Å². The zero-order valence-corrected chi connectivity index (χ0v) is 9.31. The minimum atomic E-state index is 0.615. The molecule has 0 aromatic carbocycles. The molecule has 2 nitrogen and oxygen atoms in total. The maximum absolute atomic E-state index is 5.08. The molecule has 0 amide bonds. The molecule has 78 valence electrons. The molecular formula is C11H23NO. The van der Waals surface area contributed by atoms with Crippen LogP contribution in [0.5, 0.6) is 0 Å². The average Bonchev–Trinajstić information content (AvgIpc) is 2.17. The normalized spacial score (nSPS) is 23.3. The van der Waals surface area contributed by atoms with Gasteiger partial charge in [-0.2, -0.15) is 0 Å². The third kappa shape index (κ3) is 3.28. The number of methoxy groups -OCH3 is 1. The first-order chi connectivity index (χ1) is 6.20. The van der Waals surface area contributed by atoms with Gasteiger partial charge in [0.1, 0.15) is 0 Å². The van der Waals surface area contributed by atoms with Crippen LogP contribution in [0.15, 0.2) is 0 Å². The Morgan fingerprint density at radius 3 is 2.38 bits per heavy atom. The standard InChI is InChI=1S/C11H23NO/c1-4-11(2)5-7-12(8-6-11)9-10-13-3/h4-10H2,1-3H3. The zero-order valence-electron chi connectivity index (χ0n) is 9.31. The van der Waals surface area contributed by atoms with Crippen molar-refractivity contribution in [3.8, 4) is 0 Å². The Morgan fingerprint density at radius 1 is 1.31 bits per heavy atom. The molecule has 2 heteroatoms. The minimum Gasteiger partial charge on any atom is -0.383 e. The predicted octanol–water partition coefficient (Wildman–Crippen LogP) is 2.14. The first-order valence-electron chi connectivity index (χ1n) is 5.41. The number of piperidine rings is 1. The molecule has 0 radical (unpaired) electrons. The van der Waals surface area contributed by atoms with E-state index in [9.17, 15) is 0 Å². The zero-order chi connectivity index (χ0) is 9.73. The number of hydrogen-bond acceptors (Lipinski definition) is 2. The quantitative estimate of drug-likeness (QED) is 0.665. The summed E-state index contributed by atoms with van der Waals surface area (Å²) in [5.74, 6) is 0. The Morgan fingerprint density at radius 2 is 1.92 bits per heavy atom. The molecule has 1 rings (SSSR count). The fourth-order valence-corrected chi connectivity index (χ4v) is 1.89. The fraction of sp³-hybridized carbons (Fsp3) is 1.00. The van der Waals surface area contributed by atoms with Crippen LogP contribution in [0, 0.1) is 5.41 Å². The van der Waals surface area contributed by atoms with E-state index in [-0.39, 0.29) is 0 Å². The highest BCUT2D eigenvalue weighted by Crippen LogP contribution is 2.33. The third-order valence-electron chi connectivity index (χ3n) is 3.53. The molecule has 0 aromatic heterocycles. The first-order valence-corrected chi connectivity index (χ1v) is 5.41. The molecule has 1 aliphatic heterocycles. The van der Waals surface area contributed by atoms with Gasteiger partial charge < -0.3 is 9.64 Å². The van der Waals surface area contributed by atoms with Crippen LogP contribution < -0.4 is 0 Å². The van der Waals surface area contributed by atoms with Crippen LogP contribution in [-0.4, -0.2) is 38.3 Å². The van der Waals surface area contributed by atoms with Crippen LogP contribution in [0.2, 0.25) is 0 Å². The van der Waals surface area contributed by atoms with Crippen molar-refractivity contribution in [3.63, 3.8) is 0 Å². The Labute approximate surface area is 82.3 Å². The van der Waals surface area contributed by atoms with Gasteiger partial charge in [0.15, 0.2) is 0 Å².